The summed E-state index contributed by atoms with van der Waals surface area (Å²) in [5.41, 5.74) is 2.48. The topological polar surface area (TPSA) is 37.3 Å². The third-order valence-corrected chi connectivity index (χ3v) is 4.40. The minimum atomic E-state index is -0.707. The lowest BCUT2D eigenvalue weighted by Crippen LogP contribution is -2.11. The lowest BCUT2D eigenvalue weighted by atomic mass is 9.92. The van der Waals surface area contributed by atoms with E-state index in [-0.39, 0.29) is 12.3 Å². The number of benzene rings is 1. The molecule has 2 nitrogen and oxygen atoms in total. The van der Waals surface area contributed by atoms with Crippen LogP contribution in [-0.2, 0) is 4.79 Å². The molecule has 1 aromatic carbocycles. The highest BCUT2D eigenvalue weighted by Crippen LogP contribution is 2.48. The van der Waals surface area contributed by atoms with Crippen molar-refractivity contribution in [3.8, 4) is 0 Å². The first kappa shape index (κ1) is 10.6. The minimum Gasteiger partial charge on any atom is -0.481 e. The van der Waals surface area contributed by atoms with Gasteiger partial charge in [-0.3, -0.25) is 4.79 Å². The van der Waals surface area contributed by atoms with Gasteiger partial charge in [-0.1, -0.05) is 25.1 Å². The van der Waals surface area contributed by atoms with Crippen molar-refractivity contribution in [1.29, 1.82) is 0 Å². The van der Waals surface area contributed by atoms with E-state index >= 15 is 0 Å². The quantitative estimate of drug-likeness (QED) is 0.835. The molecule has 3 heteroatoms. The summed E-state index contributed by atoms with van der Waals surface area (Å²) in [7, 11) is 0. The summed E-state index contributed by atoms with van der Waals surface area (Å²) in [4.78, 5) is 12.1. The number of carboxylic acids is 1. The van der Waals surface area contributed by atoms with Crippen molar-refractivity contribution in [1.82, 2.24) is 0 Å². The van der Waals surface area contributed by atoms with Crippen molar-refractivity contribution >= 4 is 17.7 Å². The zero-order valence-electron chi connectivity index (χ0n) is 8.86. The summed E-state index contributed by atoms with van der Waals surface area (Å²) >= 11 is 1.80. The molecule has 0 spiro atoms. The largest absolute Gasteiger partial charge is 0.481 e. The second-order valence-electron chi connectivity index (χ2n) is 4.02. The van der Waals surface area contributed by atoms with Crippen molar-refractivity contribution in [2.45, 2.75) is 36.3 Å². The van der Waals surface area contributed by atoms with Gasteiger partial charge in [-0.2, -0.15) is 0 Å². The maximum Gasteiger partial charge on any atom is 0.304 e. The van der Waals surface area contributed by atoms with Gasteiger partial charge in [0, 0.05) is 16.1 Å². The Labute approximate surface area is 93.7 Å². The molecule has 0 fully saturated rings. The lowest BCUT2D eigenvalue weighted by molar-refractivity contribution is -0.137. The standard InChI is InChI=1S/C12H14O2S/c1-7-4-3-5-9-10(6-11(13)14)8(2)15-12(7)9/h3-5,8,10H,6H2,1-2H3,(H,13,14). The molecule has 0 radical (unpaired) electrons. The van der Waals surface area contributed by atoms with E-state index in [1.807, 2.05) is 6.07 Å². The van der Waals surface area contributed by atoms with E-state index in [9.17, 15) is 4.79 Å². The highest BCUT2D eigenvalue weighted by molar-refractivity contribution is 8.00. The summed E-state index contributed by atoms with van der Waals surface area (Å²) in [5, 5.41) is 9.25. The summed E-state index contributed by atoms with van der Waals surface area (Å²) < 4.78 is 0. The molecule has 0 aromatic heterocycles. The number of hydrogen-bond acceptors (Lipinski definition) is 2. The predicted molar refractivity (Wildman–Crippen MR) is 61.5 cm³/mol. The maximum absolute atomic E-state index is 10.8. The molecule has 0 saturated heterocycles. The fourth-order valence-electron chi connectivity index (χ4n) is 2.11. The Morgan fingerprint density at radius 1 is 1.53 bits per heavy atom. The number of aliphatic carboxylic acids is 1. The molecule has 0 saturated carbocycles. The Morgan fingerprint density at radius 2 is 2.27 bits per heavy atom. The number of rotatable bonds is 2. The number of fused-ring (bicyclic) bond motifs is 1. The summed E-state index contributed by atoms with van der Waals surface area (Å²) in [6.45, 7) is 4.19. The van der Waals surface area contributed by atoms with Crippen LogP contribution in [0, 0.1) is 6.92 Å². The SMILES string of the molecule is Cc1cccc2c1SC(C)C2CC(=O)O. The number of thioether (sulfide) groups is 1. The molecule has 1 heterocycles. The van der Waals surface area contributed by atoms with Crippen LogP contribution in [0.15, 0.2) is 23.1 Å². The fraction of sp³-hybridized carbons (Fsp3) is 0.417. The van der Waals surface area contributed by atoms with E-state index in [0.717, 1.165) is 0 Å². The number of carbonyl (C=O) groups is 1. The van der Waals surface area contributed by atoms with E-state index in [4.69, 9.17) is 5.11 Å². The lowest BCUT2D eigenvalue weighted by Gasteiger charge is -2.12. The number of aryl methyl sites for hydroxylation is 1. The minimum absolute atomic E-state index is 0.169. The molecule has 2 unspecified atom stereocenters. The normalized spacial score (nSPS) is 23.9. The molecular weight excluding hydrogens is 208 g/mol. The first-order valence-corrected chi connectivity index (χ1v) is 5.95. The molecule has 80 valence electrons. The molecule has 15 heavy (non-hydrogen) atoms. The van der Waals surface area contributed by atoms with Gasteiger partial charge < -0.3 is 5.11 Å². The van der Waals surface area contributed by atoms with Crippen molar-refractivity contribution < 1.29 is 9.90 Å². The summed E-state index contributed by atoms with van der Waals surface area (Å²) in [6, 6.07) is 6.16. The van der Waals surface area contributed by atoms with E-state index in [1.54, 1.807) is 11.8 Å². The molecule has 1 aromatic rings. The zero-order valence-corrected chi connectivity index (χ0v) is 9.67. The number of hydrogen-bond donors (Lipinski definition) is 1. The second kappa shape index (κ2) is 3.89. The Morgan fingerprint density at radius 3 is 2.93 bits per heavy atom. The van der Waals surface area contributed by atoms with Gasteiger partial charge in [0.25, 0.3) is 0 Å². The van der Waals surface area contributed by atoms with Gasteiger partial charge in [-0.15, -0.1) is 11.8 Å². The Hall–Kier alpha value is -0.960. The van der Waals surface area contributed by atoms with E-state index in [2.05, 4.69) is 26.0 Å². The third-order valence-electron chi connectivity index (χ3n) is 2.91. The smallest absolute Gasteiger partial charge is 0.304 e. The Bertz CT molecular complexity index is 401. The van der Waals surface area contributed by atoms with Gasteiger partial charge in [-0.05, 0) is 18.1 Å². The van der Waals surface area contributed by atoms with Gasteiger partial charge in [0.05, 0.1) is 6.42 Å². The van der Waals surface area contributed by atoms with Crippen molar-refractivity contribution in [2.75, 3.05) is 0 Å². The van der Waals surface area contributed by atoms with Crippen LogP contribution in [0.1, 0.15) is 30.4 Å². The van der Waals surface area contributed by atoms with Gasteiger partial charge in [0.15, 0.2) is 0 Å². The molecule has 1 N–H and O–H groups in total. The first-order chi connectivity index (χ1) is 7.09. The summed E-state index contributed by atoms with van der Waals surface area (Å²) in [5.74, 6) is -0.538. The molecule has 0 aliphatic carbocycles. The molecule has 1 aliphatic rings. The van der Waals surface area contributed by atoms with Crippen LogP contribution in [0.5, 0.6) is 0 Å². The van der Waals surface area contributed by atoms with E-state index in [0.29, 0.717) is 5.25 Å². The van der Waals surface area contributed by atoms with Gasteiger partial charge >= 0.3 is 5.97 Å². The van der Waals surface area contributed by atoms with E-state index in [1.165, 1.54) is 16.0 Å². The molecule has 0 bridgehead atoms. The Balaban J connectivity index is 2.37. The first-order valence-electron chi connectivity index (χ1n) is 5.07. The molecule has 2 atom stereocenters. The molecule has 1 aliphatic heterocycles. The Kier molecular flexibility index (Phi) is 2.74. The maximum atomic E-state index is 10.8. The fourth-order valence-corrected chi connectivity index (χ4v) is 3.50. The number of carboxylic acid groups (broad SMARTS) is 1. The van der Waals surface area contributed by atoms with Crippen LogP contribution >= 0.6 is 11.8 Å². The van der Waals surface area contributed by atoms with Crippen LogP contribution < -0.4 is 0 Å². The average molecular weight is 222 g/mol. The highest BCUT2D eigenvalue weighted by atomic mass is 32.2. The van der Waals surface area contributed by atoms with Crippen molar-refractivity contribution in [3.05, 3.63) is 29.3 Å². The second-order valence-corrected chi connectivity index (χ2v) is 5.41. The predicted octanol–water partition coefficient (Wildman–Crippen LogP) is 3.05. The van der Waals surface area contributed by atoms with Gasteiger partial charge in [0.1, 0.15) is 0 Å². The molecule has 0 amide bonds. The van der Waals surface area contributed by atoms with Crippen molar-refractivity contribution in [2.24, 2.45) is 0 Å². The van der Waals surface area contributed by atoms with Crippen LogP contribution in [0.25, 0.3) is 0 Å². The summed E-state index contributed by atoms with van der Waals surface area (Å²) in [6.07, 6.45) is 0.241. The van der Waals surface area contributed by atoms with E-state index < -0.39 is 5.97 Å². The molecular formula is C12H14O2S. The average Bonchev–Trinajstić information content (AvgIpc) is 2.45. The van der Waals surface area contributed by atoms with Crippen LogP contribution in [0.2, 0.25) is 0 Å². The third kappa shape index (κ3) is 1.88. The van der Waals surface area contributed by atoms with Gasteiger partial charge in [0.2, 0.25) is 0 Å². The van der Waals surface area contributed by atoms with Crippen LogP contribution in [0.4, 0.5) is 0 Å². The van der Waals surface area contributed by atoms with Crippen LogP contribution in [0.3, 0.4) is 0 Å². The highest BCUT2D eigenvalue weighted by Gasteiger charge is 2.32. The van der Waals surface area contributed by atoms with Gasteiger partial charge in [-0.25, -0.2) is 0 Å². The van der Waals surface area contributed by atoms with Crippen molar-refractivity contribution in [3.63, 3.8) is 0 Å². The molecule has 2 rings (SSSR count). The van der Waals surface area contributed by atoms with Crippen LogP contribution in [-0.4, -0.2) is 16.3 Å². The monoisotopic (exact) mass is 222 g/mol. The zero-order chi connectivity index (χ0) is 11.0.